The van der Waals surface area contributed by atoms with Crippen LogP contribution in [-0.2, 0) is 11.8 Å². The van der Waals surface area contributed by atoms with Crippen LogP contribution in [-0.4, -0.2) is 35.3 Å². The lowest BCUT2D eigenvalue weighted by atomic mass is 9.94. The molecule has 0 atom stereocenters. The second-order valence-electron chi connectivity index (χ2n) is 7.83. The van der Waals surface area contributed by atoms with Crippen molar-refractivity contribution in [1.29, 1.82) is 0 Å². The van der Waals surface area contributed by atoms with Gasteiger partial charge in [0.25, 0.3) is 0 Å². The number of carbonyl (C=O) groups is 1. The van der Waals surface area contributed by atoms with Gasteiger partial charge in [0.2, 0.25) is 11.0 Å². The van der Waals surface area contributed by atoms with E-state index in [4.69, 9.17) is 0 Å². The molecule has 0 unspecified atom stereocenters. The van der Waals surface area contributed by atoms with Crippen molar-refractivity contribution >= 4 is 38.9 Å². The molecule has 1 aliphatic rings. The Morgan fingerprint density at radius 3 is 2.63 bits per heavy atom. The summed E-state index contributed by atoms with van der Waals surface area (Å²) >= 11 is 1.47. The number of hydrogen-bond donors (Lipinski definition) is 2. The molecule has 8 nitrogen and oxygen atoms in total. The highest BCUT2D eigenvalue weighted by Gasteiger charge is 2.27. The van der Waals surface area contributed by atoms with Gasteiger partial charge in [-0.3, -0.25) is 4.79 Å². The van der Waals surface area contributed by atoms with Crippen LogP contribution in [0.1, 0.15) is 50.2 Å². The van der Waals surface area contributed by atoms with E-state index in [0.717, 1.165) is 29.1 Å². The smallest absolute Gasteiger partial charge is 0.395 e. The summed E-state index contributed by atoms with van der Waals surface area (Å²) in [4.78, 5) is 13.8. The van der Waals surface area contributed by atoms with Crippen LogP contribution in [0.5, 0.6) is 0 Å². The van der Waals surface area contributed by atoms with Gasteiger partial charge < -0.3 is 15.3 Å². The number of aliphatic hydroxyl groups is 1. The van der Waals surface area contributed by atoms with Gasteiger partial charge in [0, 0.05) is 19.5 Å². The van der Waals surface area contributed by atoms with Crippen molar-refractivity contribution < 1.29 is 14.6 Å². The molecule has 0 bridgehead atoms. The van der Waals surface area contributed by atoms with Crippen LogP contribution in [0.15, 0.2) is 22.4 Å². The number of benzene rings is 1. The number of amides is 1. The molecule has 1 amide bonds. The molecule has 1 aromatic heterocycles. The first-order valence-corrected chi connectivity index (χ1v) is 11.3. The number of aromatic nitrogens is 2. The fourth-order valence-corrected chi connectivity index (χ4v) is 4.68. The molecule has 9 heteroatoms. The lowest BCUT2D eigenvalue weighted by Crippen LogP contribution is -2.40. The lowest BCUT2D eigenvalue weighted by Gasteiger charge is -2.32. The summed E-state index contributed by atoms with van der Waals surface area (Å²) in [6, 6.07) is 4.24. The Morgan fingerprint density at radius 2 is 1.97 bits per heavy atom. The summed E-state index contributed by atoms with van der Waals surface area (Å²) in [7, 11) is 1.85. The molecule has 0 saturated heterocycles. The maximum absolute atomic E-state index is 11.6. The van der Waals surface area contributed by atoms with Crippen LogP contribution >= 0.6 is 11.3 Å². The standard InChI is InChI=1S/C21H30N6O2S/c1-14-12-18(22-16(3)29)19(13-15(14)2)23-24-20-26(4)25-21(30-20)27(10-11-28)17-8-6-5-7-9-17/h12-13,17,28H,5-11H2,1-4H3/p+1. The molecule has 1 saturated carbocycles. The molecule has 30 heavy (non-hydrogen) atoms. The fourth-order valence-electron chi connectivity index (χ4n) is 3.75. The highest BCUT2D eigenvalue weighted by molar-refractivity contribution is 7.18. The Labute approximate surface area is 181 Å². The van der Waals surface area contributed by atoms with Crippen LogP contribution in [0.4, 0.5) is 21.6 Å². The third kappa shape index (κ3) is 5.40. The van der Waals surface area contributed by atoms with Gasteiger partial charge in [0.05, 0.1) is 17.4 Å². The number of nitrogens with zero attached hydrogens (tertiary/aromatic N) is 5. The van der Waals surface area contributed by atoms with Gasteiger partial charge in [-0.05, 0) is 66.4 Å². The van der Waals surface area contributed by atoms with Gasteiger partial charge in [-0.2, -0.15) is 0 Å². The van der Waals surface area contributed by atoms with E-state index in [1.807, 2.05) is 33.0 Å². The Bertz CT molecular complexity index is 920. The zero-order chi connectivity index (χ0) is 21.7. The third-order valence-corrected chi connectivity index (χ3v) is 6.49. The van der Waals surface area contributed by atoms with Crippen molar-refractivity contribution in [2.24, 2.45) is 17.3 Å². The van der Waals surface area contributed by atoms with Crippen LogP contribution in [0.3, 0.4) is 0 Å². The molecule has 1 aliphatic carbocycles. The van der Waals surface area contributed by atoms with Crippen molar-refractivity contribution in [3.8, 4) is 0 Å². The SMILES string of the molecule is CC(=O)Nc1cc(C)c(C)cc1N=Nc1sc(N(CCO)C2CCCCC2)n[n+]1C. The Balaban J connectivity index is 1.87. The van der Waals surface area contributed by atoms with Gasteiger partial charge in [0.1, 0.15) is 12.7 Å². The largest absolute Gasteiger partial charge is 0.431 e. The zero-order valence-electron chi connectivity index (χ0n) is 18.2. The van der Waals surface area contributed by atoms with Gasteiger partial charge in [-0.1, -0.05) is 24.4 Å². The van der Waals surface area contributed by atoms with Gasteiger partial charge in [0.15, 0.2) is 0 Å². The molecule has 2 N–H and O–H groups in total. The molecule has 2 aromatic rings. The minimum absolute atomic E-state index is 0.0966. The summed E-state index contributed by atoms with van der Waals surface area (Å²) in [5.41, 5.74) is 3.42. The van der Waals surface area contributed by atoms with E-state index in [0.29, 0.717) is 29.1 Å². The van der Waals surface area contributed by atoms with Crippen LogP contribution < -0.4 is 14.9 Å². The molecule has 0 aliphatic heterocycles. The average molecular weight is 432 g/mol. The summed E-state index contributed by atoms with van der Waals surface area (Å²) in [6.07, 6.45) is 5.97. The van der Waals surface area contributed by atoms with E-state index in [9.17, 15) is 9.90 Å². The van der Waals surface area contributed by atoms with E-state index in [1.54, 1.807) is 4.68 Å². The predicted molar refractivity (Wildman–Crippen MR) is 119 cm³/mol. The molecular formula is C21H31N6O2S+. The van der Waals surface area contributed by atoms with E-state index < -0.39 is 0 Å². The Morgan fingerprint density at radius 1 is 1.27 bits per heavy atom. The Kier molecular flexibility index (Phi) is 7.49. The molecule has 0 spiro atoms. The number of carbonyl (C=O) groups excluding carboxylic acids is 1. The number of aryl methyl sites for hydroxylation is 3. The average Bonchev–Trinajstić information content (AvgIpc) is 3.08. The van der Waals surface area contributed by atoms with E-state index in [2.05, 4.69) is 25.5 Å². The first-order chi connectivity index (χ1) is 14.4. The summed E-state index contributed by atoms with van der Waals surface area (Å²) in [5, 5.41) is 27.4. The molecule has 1 heterocycles. The first kappa shape index (κ1) is 22.3. The number of anilines is 2. The number of hydrogen-bond acceptors (Lipinski definition) is 7. The highest BCUT2D eigenvalue weighted by Crippen LogP contribution is 2.34. The quantitative estimate of drug-likeness (QED) is 0.510. The molecule has 1 fully saturated rings. The summed E-state index contributed by atoms with van der Waals surface area (Å²) in [5.74, 6) is -0.146. The Hall–Kier alpha value is -2.39. The van der Waals surface area contributed by atoms with Crippen LogP contribution in [0.25, 0.3) is 0 Å². The van der Waals surface area contributed by atoms with Crippen molar-refractivity contribution in [1.82, 2.24) is 5.10 Å². The monoisotopic (exact) mass is 431 g/mol. The second kappa shape index (κ2) is 10.1. The maximum Gasteiger partial charge on any atom is 0.431 e. The van der Waals surface area contributed by atoms with Crippen LogP contribution in [0.2, 0.25) is 0 Å². The maximum atomic E-state index is 11.6. The molecule has 0 radical (unpaired) electrons. The minimum Gasteiger partial charge on any atom is -0.395 e. The van der Waals surface area contributed by atoms with Gasteiger partial charge >= 0.3 is 5.13 Å². The van der Waals surface area contributed by atoms with Crippen molar-refractivity contribution in [2.75, 3.05) is 23.4 Å². The second-order valence-corrected chi connectivity index (χ2v) is 8.77. The molecule has 1 aromatic carbocycles. The molecule has 3 rings (SSSR count). The van der Waals surface area contributed by atoms with Crippen molar-refractivity contribution in [3.05, 3.63) is 23.3 Å². The normalized spacial score (nSPS) is 15.0. The highest BCUT2D eigenvalue weighted by atomic mass is 32.1. The molecule has 162 valence electrons. The summed E-state index contributed by atoms with van der Waals surface area (Å²) < 4.78 is 1.72. The van der Waals surface area contributed by atoms with Crippen LogP contribution in [0, 0.1) is 13.8 Å². The first-order valence-electron chi connectivity index (χ1n) is 10.4. The zero-order valence-corrected chi connectivity index (χ0v) is 19.0. The van der Waals surface area contributed by atoms with E-state index in [-0.39, 0.29) is 12.5 Å². The van der Waals surface area contributed by atoms with Gasteiger partial charge in [-0.25, -0.2) is 0 Å². The molecular weight excluding hydrogens is 400 g/mol. The van der Waals surface area contributed by atoms with Crippen molar-refractivity contribution in [2.45, 2.75) is 58.9 Å². The van der Waals surface area contributed by atoms with E-state index in [1.165, 1.54) is 37.5 Å². The lowest BCUT2D eigenvalue weighted by molar-refractivity contribution is -0.712. The minimum atomic E-state index is -0.146. The fraction of sp³-hybridized carbons (Fsp3) is 0.571. The third-order valence-electron chi connectivity index (χ3n) is 5.46. The number of nitrogens with one attached hydrogen (secondary N) is 1. The topological polar surface area (TPSA) is 94.1 Å². The number of aliphatic hydroxyl groups excluding tert-OH is 1. The summed E-state index contributed by atoms with van der Waals surface area (Å²) in [6.45, 7) is 6.15. The number of azo groups is 1. The van der Waals surface area contributed by atoms with E-state index >= 15 is 0 Å². The van der Waals surface area contributed by atoms with Crippen molar-refractivity contribution in [3.63, 3.8) is 0 Å². The number of rotatable bonds is 7. The predicted octanol–water partition coefficient (Wildman–Crippen LogP) is 4.09. The van der Waals surface area contributed by atoms with Gasteiger partial charge in [-0.15, -0.1) is 4.68 Å².